The maximum atomic E-state index is 13.2. The molecule has 0 bridgehead atoms. The Kier molecular flexibility index (Phi) is 10.1. The van der Waals surface area contributed by atoms with Crippen molar-refractivity contribution in [2.24, 2.45) is 0 Å². The molecule has 0 amide bonds. The average molecular weight is 475 g/mol. The highest BCUT2D eigenvalue weighted by Crippen LogP contribution is 2.35. The number of ether oxygens (including phenoxy) is 3. The van der Waals surface area contributed by atoms with E-state index in [4.69, 9.17) is 25.8 Å². The lowest BCUT2D eigenvalue weighted by Crippen LogP contribution is -2.17. The smallest absolute Gasteiger partial charge is 0.162 e. The summed E-state index contributed by atoms with van der Waals surface area (Å²) in [4.78, 5) is 0. The lowest BCUT2D eigenvalue weighted by molar-refractivity contribution is 0.144. The van der Waals surface area contributed by atoms with Gasteiger partial charge in [-0.2, -0.15) is 0 Å². The second kappa shape index (κ2) is 12.3. The van der Waals surface area contributed by atoms with Crippen molar-refractivity contribution < 1.29 is 18.6 Å². The number of nitrogens with one attached hydrogen (secondary N) is 1. The van der Waals surface area contributed by atoms with Gasteiger partial charge in [0.1, 0.15) is 12.4 Å². The molecule has 7 heteroatoms. The Morgan fingerprint density at radius 1 is 1.04 bits per heavy atom. The van der Waals surface area contributed by atoms with Crippen molar-refractivity contribution in [1.29, 1.82) is 0 Å². The SMILES string of the molecule is CCOCCCNCc1cc(OCC)c(OCc2ccc(F)cc2Cl)cc1Br. The summed E-state index contributed by atoms with van der Waals surface area (Å²) in [6.45, 7) is 7.75. The topological polar surface area (TPSA) is 39.7 Å². The monoisotopic (exact) mass is 473 g/mol. The molecular formula is C21H26BrClFNO3. The largest absolute Gasteiger partial charge is 0.490 e. The summed E-state index contributed by atoms with van der Waals surface area (Å²) in [5, 5.41) is 3.74. The molecule has 0 saturated carbocycles. The molecule has 0 heterocycles. The van der Waals surface area contributed by atoms with Crippen molar-refractivity contribution in [2.45, 2.75) is 33.4 Å². The fourth-order valence-corrected chi connectivity index (χ4v) is 3.24. The van der Waals surface area contributed by atoms with Gasteiger partial charge in [0.25, 0.3) is 0 Å². The van der Waals surface area contributed by atoms with Crippen LogP contribution in [0.5, 0.6) is 11.5 Å². The fraction of sp³-hybridized carbons (Fsp3) is 0.429. The first-order chi connectivity index (χ1) is 13.5. The molecule has 2 aromatic carbocycles. The van der Waals surface area contributed by atoms with Gasteiger partial charge in [-0.15, -0.1) is 0 Å². The summed E-state index contributed by atoms with van der Waals surface area (Å²) >= 11 is 9.68. The third kappa shape index (κ3) is 7.24. The van der Waals surface area contributed by atoms with Crippen LogP contribution >= 0.6 is 27.5 Å². The minimum atomic E-state index is -0.371. The summed E-state index contributed by atoms with van der Waals surface area (Å²) in [6, 6.07) is 8.11. The van der Waals surface area contributed by atoms with Gasteiger partial charge < -0.3 is 19.5 Å². The zero-order valence-corrected chi connectivity index (χ0v) is 18.5. The number of hydrogen-bond acceptors (Lipinski definition) is 4. The zero-order valence-electron chi connectivity index (χ0n) is 16.2. The molecule has 0 saturated heterocycles. The lowest BCUT2D eigenvalue weighted by atomic mass is 10.2. The molecule has 0 spiro atoms. The molecule has 154 valence electrons. The molecule has 0 atom stereocenters. The van der Waals surface area contributed by atoms with Crippen LogP contribution in [0.2, 0.25) is 5.02 Å². The van der Waals surface area contributed by atoms with Gasteiger partial charge in [0.2, 0.25) is 0 Å². The van der Waals surface area contributed by atoms with Gasteiger partial charge in [0, 0.05) is 29.8 Å². The van der Waals surface area contributed by atoms with E-state index in [9.17, 15) is 4.39 Å². The molecule has 2 rings (SSSR count). The van der Waals surface area contributed by atoms with Crippen LogP contribution < -0.4 is 14.8 Å². The predicted molar refractivity (Wildman–Crippen MR) is 114 cm³/mol. The van der Waals surface area contributed by atoms with Gasteiger partial charge in [0.05, 0.1) is 11.6 Å². The highest BCUT2D eigenvalue weighted by molar-refractivity contribution is 9.10. The minimum Gasteiger partial charge on any atom is -0.490 e. The molecule has 2 aromatic rings. The van der Waals surface area contributed by atoms with Crippen molar-refractivity contribution in [3.05, 3.63) is 56.8 Å². The van der Waals surface area contributed by atoms with Crippen LogP contribution in [0.15, 0.2) is 34.8 Å². The van der Waals surface area contributed by atoms with E-state index in [1.807, 2.05) is 26.0 Å². The summed E-state index contributed by atoms with van der Waals surface area (Å²) in [5.74, 6) is 0.897. The number of halogens is 3. The van der Waals surface area contributed by atoms with Crippen LogP contribution in [0.3, 0.4) is 0 Å². The molecule has 0 aliphatic rings. The summed E-state index contributed by atoms with van der Waals surface area (Å²) in [5.41, 5.74) is 1.79. The number of benzene rings is 2. The summed E-state index contributed by atoms with van der Waals surface area (Å²) < 4.78 is 31.1. The Labute approximate surface area is 179 Å². The lowest BCUT2D eigenvalue weighted by Gasteiger charge is -2.16. The molecule has 0 aliphatic heterocycles. The van der Waals surface area contributed by atoms with E-state index in [0.29, 0.717) is 35.2 Å². The average Bonchev–Trinajstić information content (AvgIpc) is 2.66. The van der Waals surface area contributed by atoms with Crippen LogP contribution in [-0.2, 0) is 17.9 Å². The molecule has 4 nitrogen and oxygen atoms in total. The second-order valence-electron chi connectivity index (χ2n) is 6.08. The Morgan fingerprint density at radius 2 is 1.82 bits per heavy atom. The van der Waals surface area contributed by atoms with Crippen LogP contribution in [0.1, 0.15) is 31.4 Å². The van der Waals surface area contributed by atoms with Gasteiger partial charge in [0.15, 0.2) is 11.5 Å². The highest BCUT2D eigenvalue weighted by Gasteiger charge is 2.12. The maximum absolute atomic E-state index is 13.2. The first kappa shape index (κ1) is 22.9. The van der Waals surface area contributed by atoms with Crippen LogP contribution in [-0.4, -0.2) is 26.4 Å². The second-order valence-corrected chi connectivity index (χ2v) is 7.34. The highest BCUT2D eigenvalue weighted by atomic mass is 79.9. The predicted octanol–water partition coefficient (Wildman–Crippen LogP) is 5.74. The van der Waals surface area contributed by atoms with E-state index >= 15 is 0 Å². The molecule has 1 N–H and O–H groups in total. The normalized spacial score (nSPS) is 10.9. The molecule has 0 unspecified atom stereocenters. The maximum Gasteiger partial charge on any atom is 0.162 e. The molecule has 0 aromatic heterocycles. The summed E-state index contributed by atoms with van der Waals surface area (Å²) in [6.07, 6.45) is 0.962. The molecule has 28 heavy (non-hydrogen) atoms. The quantitative estimate of drug-likeness (QED) is 0.398. The molecule has 0 radical (unpaired) electrons. The molecule has 0 aliphatic carbocycles. The first-order valence-corrected chi connectivity index (χ1v) is 10.5. The Balaban J connectivity index is 2.02. The van der Waals surface area contributed by atoms with E-state index in [1.54, 1.807) is 6.07 Å². The van der Waals surface area contributed by atoms with Gasteiger partial charge in [-0.1, -0.05) is 33.6 Å². The van der Waals surface area contributed by atoms with E-state index in [0.717, 1.165) is 36.2 Å². The van der Waals surface area contributed by atoms with E-state index in [-0.39, 0.29) is 12.4 Å². The van der Waals surface area contributed by atoms with Crippen molar-refractivity contribution in [3.63, 3.8) is 0 Å². The van der Waals surface area contributed by atoms with Crippen molar-refractivity contribution in [3.8, 4) is 11.5 Å². The first-order valence-electron chi connectivity index (χ1n) is 9.35. The Bertz CT molecular complexity index is 761. The van der Waals surface area contributed by atoms with Gasteiger partial charge in [-0.25, -0.2) is 4.39 Å². The molecular weight excluding hydrogens is 449 g/mol. The zero-order chi connectivity index (χ0) is 20.4. The summed E-state index contributed by atoms with van der Waals surface area (Å²) in [7, 11) is 0. The van der Waals surface area contributed by atoms with Gasteiger partial charge in [-0.05, 0) is 56.6 Å². The Hall–Kier alpha value is -1.34. The van der Waals surface area contributed by atoms with E-state index < -0.39 is 0 Å². The molecule has 0 fully saturated rings. The van der Waals surface area contributed by atoms with Gasteiger partial charge in [-0.3, -0.25) is 0 Å². The number of hydrogen-bond donors (Lipinski definition) is 1. The van der Waals surface area contributed by atoms with Crippen molar-refractivity contribution >= 4 is 27.5 Å². The van der Waals surface area contributed by atoms with E-state index in [2.05, 4.69) is 21.2 Å². The third-order valence-corrected chi connectivity index (χ3v) is 5.06. The third-order valence-electron chi connectivity index (χ3n) is 3.97. The van der Waals surface area contributed by atoms with Gasteiger partial charge >= 0.3 is 0 Å². The van der Waals surface area contributed by atoms with Crippen molar-refractivity contribution in [1.82, 2.24) is 5.32 Å². The standard InChI is InChI=1S/C21H26BrClFNO3/c1-3-26-9-5-8-25-13-16-10-20(27-4-2)21(12-18(16)22)28-14-15-6-7-17(24)11-19(15)23/h6-7,10-12,25H,3-5,8-9,13-14H2,1-2H3. The van der Waals surface area contributed by atoms with Crippen molar-refractivity contribution in [2.75, 3.05) is 26.4 Å². The Morgan fingerprint density at radius 3 is 2.54 bits per heavy atom. The van der Waals surface area contributed by atoms with Crippen LogP contribution in [0, 0.1) is 5.82 Å². The van der Waals surface area contributed by atoms with Crippen LogP contribution in [0.4, 0.5) is 4.39 Å². The minimum absolute atomic E-state index is 0.223. The number of rotatable bonds is 12. The fourth-order valence-electron chi connectivity index (χ4n) is 2.55. The van der Waals surface area contributed by atoms with Crippen LogP contribution in [0.25, 0.3) is 0 Å². The van der Waals surface area contributed by atoms with E-state index in [1.165, 1.54) is 12.1 Å².